The molecule has 1 N–H and O–H groups in total. The van der Waals surface area contributed by atoms with E-state index >= 15 is 0 Å². The van der Waals surface area contributed by atoms with Gasteiger partial charge in [0.25, 0.3) is 0 Å². The van der Waals surface area contributed by atoms with Crippen molar-refractivity contribution in [1.29, 1.82) is 0 Å². The predicted octanol–water partition coefficient (Wildman–Crippen LogP) is 1.95. The molecule has 0 aromatic rings. The van der Waals surface area contributed by atoms with E-state index in [9.17, 15) is 0 Å². The Bertz CT molecular complexity index is 217. The van der Waals surface area contributed by atoms with Crippen molar-refractivity contribution in [1.82, 2.24) is 0 Å². The summed E-state index contributed by atoms with van der Waals surface area (Å²) in [5, 5.41) is 13.1. The van der Waals surface area contributed by atoms with Crippen molar-refractivity contribution >= 4 is 5.71 Å². The first kappa shape index (κ1) is 10.5. The van der Waals surface area contributed by atoms with Crippen LogP contribution in [0.5, 0.6) is 0 Å². The second-order valence-corrected chi connectivity index (χ2v) is 4.99. The summed E-state index contributed by atoms with van der Waals surface area (Å²) in [6.45, 7) is 8.29. The second-order valence-electron chi connectivity index (χ2n) is 4.99. The van der Waals surface area contributed by atoms with Crippen molar-refractivity contribution in [3.05, 3.63) is 0 Å². The highest BCUT2D eigenvalue weighted by Gasteiger charge is 2.33. The molecule has 1 aliphatic rings. The van der Waals surface area contributed by atoms with Gasteiger partial charge in [0.1, 0.15) is 0 Å². The largest absolute Gasteiger partial charge is 0.392 e. The summed E-state index contributed by atoms with van der Waals surface area (Å²) in [5.41, 5.74) is 0.698. The Morgan fingerprint density at radius 3 is 2.46 bits per heavy atom. The third-order valence-corrected chi connectivity index (χ3v) is 2.47. The maximum Gasteiger partial charge on any atom is 0.158 e. The maximum atomic E-state index is 9.05. The molecule has 0 spiro atoms. The summed E-state index contributed by atoms with van der Waals surface area (Å²) >= 11 is 0. The van der Waals surface area contributed by atoms with Gasteiger partial charge in [-0.15, -0.1) is 0 Å². The Balaban J connectivity index is 2.68. The molecule has 1 atom stereocenters. The van der Waals surface area contributed by atoms with Crippen LogP contribution in [0.15, 0.2) is 5.16 Å². The van der Waals surface area contributed by atoms with Gasteiger partial charge < -0.3 is 9.94 Å². The van der Waals surface area contributed by atoms with Gasteiger partial charge in [0.05, 0.1) is 12.3 Å². The molecule has 1 aliphatic heterocycles. The SMILES string of the molecule is CC1(CO)CCC(C(C)(C)C)=NO1. The second kappa shape index (κ2) is 3.29. The van der Waals surface area contributed by atoms with Crippen LogP contribution in [0.1, 0.15) is 40.5 Å². The van der Waals surface area contributed by atoms with Crippen LogP contribution in [-0.4, -0.2) is 23.0 Å². The Kier molecular flexibility index (Phi) is 2.66. The molecule has 0 amide bonds. The first-order valence-corrected chi connectivity index (χ1v) is 4.74. The first-order chi connectivity index (χ1) is 5.87. The van der Waals surface area contributed by atoms with Gasteiger partial charge in [0.15, 0.2) is 5.60 Å². The lowest BCUT2D eigenvalue weighted by molar-refractivity contribution is -0.0786. The molecule has 0 bridgehead atoms. The third-order valence-electron chi connectivity index (χ3n) is 2.47. The number of hydrogen-bond donors (Lipinski definition) is 1. The van der Waals surface area contributed by atoms with Gasteiger partial charge in [-0.2, -0.15) is 0 Å². The van der Waals surface area contributed by atoms with Gasteiger partial charge in [-0.25, -0.2) is 0 Å². The molecule has 1 rings (SSSR count). The fraction of sp³-hybridized carbons (Fsp3) is 0.900. The zero-order valence-corrected chi connectivity index (χ0v) is 8.92. The highest BCUT2D eigenvalue weighted by Crippen LogP contribution is 2.29. The minimum absolute atomic E-state index is 0.0356. The van der Waals surface area contributed by atoms with Gasteiger partial charge in [-0.05, 0) is 19.8 Å². The number of oxime groups is 1. The van der Waals surface area contributed by atoms with Gasteiger partial charge in [-0.3, -0.25) is 0 Å². The normalized spacial score (nSPS) is 29.5. The van der Waals surface area contributed by atoms with Crippen LogP contribution < -0.4 is 0 Å². The van der Waals surface area contributed by atoms with Crippen molar-refractivity contribution in [2.24, 2.45) is 10.6 Å². The van der Waals surface area contributed by atoms with Crippen LogP contribution in [0.25, 0.3) is 0 Å². The van der Waals surface area contributed by atoms with E-state index in [1.165, 1.54) is 0 Å². The summed E-state index contributed by atoms with van der Waals surface area (Å²) in [4.78, 5) is 5.29. The molecule has 0 saturated carbocycles. The third kappa shape index (κ3) is 2.44. The fourth-order valence-electron chi connectivity index (χ4n) is 1.26. The molecule has 13 heavy (non-hydrogen) atoms. The average molecular weight is 185 g/mol. The summed E-state index contributed by atoms with van der Waals surface area (Å²) in [7, 11) is 0. The lowest BCUT2D eigenvalue weighted by atomic mass is 9.84. The van der Waals surface area contributed by atoms with Crippen molar-refractivity contribution < 1.29 is 9.94 Å². The molecule has 0 radical (unpaired) electrons. The smallest absolute Gasteiger partial charge is 0.158 e. The van der Waals surface area contributed by atoms with E-state index in [0.717, 1.165) is 18.6 Å². The zero-order chi connectivity index (χ0) is 10.1. The van der Waals surface area contributed by atoms with E-state index in [-0.39, 0.29) is 12.0 Å². The fourth-order valence-corrected chi connectivity index (χ4v) is 1.26. The summed E-state index contributed by atoms with van der Waals surface area (Å²) in [5.74, 6) is 0. The lowest BCUT2D eigenvalue weighted by Crippen LogP contribution is -2.38. The van der Waals surface area contributed by atoms with Gasteiger partial charge in [-0.1, -0.05) is 25.9 Å². The summed E-state index contributed by atoms with van der Waals surface area (Å²) in [6, 6.07) is 0. The highest BCUT2D eigenvalue weighted by molar-refractivity contribution is 5.89. The Hall–Kier alpha value is -0.570. The molecule has 1 unspecified atom stereocenters. The van der Waals surface area contributed by atoms with Crippen molar-refractivity contribution in [3.63, 3.8) is 0 Å². The van der Waals surface area contributed by atoms with Crippen LogP contribution >= 0.6 is 0 Å². The molecule has 1 heterocycles. The number of aliphatic hydroxyl groups excluding tert-OH is 1. The molecule has 76 valence electrons. The van der Waals surface area contributed by atoms with E-state index in [0.29, 0.717) is 0 Å². The average Bonchev–Trinajstić information content (AvgIpc) is 2.04. The van der Waals surface area contributed by atoms with E-state index in [4.69, 9.17) is 9.94 Å². The topological polar surface area (TPSA) is 41.8 Å². The highest BCUT2D eigenvalue weighted by atomic mass is 16.7. The Labute approximate surface area is 79.8 Å². The van der Waals surface area contributed by atoms with Crippen molar-refractivity contribution in [2.45, 2.75) is 46.1 Å². The van der Waals surface area contributed by atoms with Gasteiger partial charge in [0, 0.05) is 5.41 Å². The molecule has 0 fully saturated rings. The molecular formula is C10H19NO2. The summed E-state index contributed by atoms with van der Waals surface area (Å²) in [6.07, 6.45) is 1.76. The van der Waals surface area contributed by atoms with Crippen molar-refractivity contribution in [3.8, 4) is 0 Å². The minimum Gasteiger partial charge on any atom is -0.392 e. The molecule has 0 aromatic heterocycles. The molecule has 3 nitrogen and oxygen atoms in total. The molecule has 0 aromatic carbocycles. The van der Waals surface area contributed by atoms with Crippen LogP contribution in [-0.2, 0) is 4.84 Å². The minimum atomic E-state index is -0.464. The van der Waals surface area contributed by atoms with Crippen LogP contribution in [0.3, 0.4) is 0 Å². The van der Waals surface area contributed by atoms with Gasteiger partial charge >= 0.3 is 0 Å². The number of hydrogen-bond acceptors (Lipinski definition) is 3. The Morgan fingerprint density at radius 2 is 2.15 bits per heavy atom. The maximum absolute atomic E-state index is 9.05. The van der Waals surface area contributed by atoms with Crippen LogP contribution in [0.4, 0.5) is 0 Å². The first-order valence-electron chi connectivity index (χ1n) is 4.74. The van der Waals surface area contributed by atoms with E-state index < -0.39 is 5.60 Å². The predicted molar refractivity (Wildman–Crippen MR) is 52.7 cm³/mol. The summed E-state index contributed by atoms with van der Waals surface area (Å²) < 4.78 is 0. The molecule has 0 saturated heterocycles. The Morgan fingerprint density at radius 1 is 1.54 bits per heavy atom. The lowest BCUT2D eigenvalue weighted by Gasteiger charge is -2.33. The monoisotopic (exact) mass is 185 g/mol. The van der Waals surface area contributed by atoms with Crippen LogP contribution in [0.2, 0.25) is 0 Å². The van der Waals surface area contributed by atoms with Crippen LogP contribution in [0, 0.1) is 5.41 Å². The molecular weight excluding hydrogens is 166 g/mol. The molecule has 3 heteroatoms. The number of aliphatic hydroxyl groups is 1. The zero-order valence-electron chi connectivity index (χ0n) is 8.92. The standard InChI is InChI=1S/C10H19NO2/c1-9(2,3)8-5-6-10(4,7-12)13-11-8/h12H,5-7H2,1-4H3. The van der Waals surface area contributed by atoms with Gasteiger partial charge in [0.2, 0.25) is 0 Å². The quantitative estimate of drug-likeness (QED) is 0.678. The molecule has 0 aliphatic carbocycles. The van der Waals surface area contributed by atoms with E-state index in [1.807, 2.05) is 6.92 Å². The number of rotatable bonds is 1. The van der Waals surface area contributed by atoms with E-state index in [2.05, 4.69) is 25.9 Å². The van der Waals surface area contributed by atoms with Crippen molar-refractivity contribution in [2.75, 3.05) is 6.61 Å². The van der Waals surface area contributed by atoms with E-state index in [1.54, 1.807) is 0 Å². The number of nitrogens with zero attached hydrogens (tertiary/aromatic N) is 1.